The number of hydrogen-bond acceptors (Lipinski definition) is 3. The smallest absolute Gasteiger partial charge is 0.391 e. The lowest BCUT2D eigenvalue weighted by molar-refractivity contribution is -0.131. The van der Waals surface area contributed by atoms with Gasteiger partial charge in [-0.25, -0.2) is 9.79 Å². The highest BCUT2D eigenvalue weighted by Gasteiger charge is 2.17. The van der Waals surface area contributed by atoms with Crippen LogP contribution in [0.2, 0.25) is 0 Å². The second kappa shape index (κ2) is 2.90. The van der Waals surface area contributed by atoms with Gasteiger partial charge in [-0.1, -0.05) is 18.2 Å². The van der Waals surface area contributed by atoms with Crippen LogP contribution in [0.25, 0.3) is 0 Å². The second-order valence-corrected chi connectivity index (χ2v) is 2.64. The fourth-order valence-corrected chi connectivity index (χ4v) is 1.14. The number of para-hydroxylation sites is 1. The summed E-state index contributed by atoms with van der Waals surface area (Å²) in [5.74, 6) is -1.37. The van der Waals surface area contributed by atoms with Gasteiger partial charge in [0.15, 0.2) is 0 Å². The monoisotopic (exact) mass is 177 g/mol. The van der Waals surface area contributed by atoms with Crippen molar-refractivity contribution in [1.82, 2.24) is 0 Å². The van der Waals surface area contributed by atoms with Gasteiger partial charge >= 0.3 is 11.9 Å². The zero-order valence-electron chi connectivity index (χ0n) is 6.73. The molecular formula is C9H7NO3. The molecule has 0 amide bonds. The van der Waals surface area contributed by atoms with Gasteiger partial charge in [0.1, 0.15) is 6.61 Å². The number of carboxylic acids is 1. The summed E-state index contributed by atoms with van der Waals surface area (Å²) >= 11 is 0. The Morgan fingerprint density at radius 2 is 2.23 bits per heavy atom. The average molecular weight is 177 g/mol. The lowest BCUT2D eigenvalue weighted by atomic mass is 10.2. The van der Waals surface area contributed by atoms with Crippen LogP contribution in [0, 0.1) is 0 Å². The third-order valence-corrected chi connectivity index (χ3v) is 1.76. The van der Waals surface area contributed by atoms with Gasteiger partial charge in [-0.3, -0.25) is 0 Å². The van der Waals surface area contributed by atoms with Crippen molar-refractivity contribution in [2.24, 2.45) is 4.99 Å². The van der Waals surface area contributed by atoms with Gasteiger partial charge in [0.2, 0.25) is 0 Å². The number of rotatable bonds is 1. The van der Waals surface area contributed by atoms with Crippen molar-refractivity contribution in [3.63, 3.8) is 0 Å². The maximum atomic E-state index is 10.5. The van der Waals surface area contributed by atoms with E-state index in [2.05, 4.69) is 4.99 Å². The van der Waals surface area contributed by atoms with Crippen LogP contribution in [-0.4, -0.2) is 17.0 Å². The number of carbonyl (C=O) groups is 1. The summed E-state index contributed by atoms with van der Waals surface area (Å²) < 4.78 is 4.92. The first kappa shape index (κ1) is 7.79. The molecule has 2 rings (SSSR count). The predicted molar refractivity (Wildman–Crippen MR) is 46.0 cm³/mol. The van der Waals surface area contributed by atoms with Gasteiger partial charge in [0.05, 0.1) is 5.69 Å². The maximum Gasteiger partial charge on any atom is 0.391 e. The van der Waals surface area contributed by atoms with E-state index in [4.69, 9.17) is 9.84 Å². The van der Waals surface area contributed by atoms with Gasteiger partial charge in [-0.05, 0) is 6.07 Å². The minimum Gasteiger partial charge on any atom is -0.474 e. The summed E-state index contributed by atoms with van der Waals surface area (Å²) in [6, 6.07) is 7.30. The summed E-state index contributed by atoms with van der Waals surface area (Å²) in [5.41, 5.74) is 1.58. The molecule has 4 nitrogen and oxygen atoms in total. The Labute approximate surface area is 74.5 Å². The Kier molecular flexibility index (Phi) is 1.73. The SMILES string of the molecule is O=C(O)C1=Nc2ccccc2CO1. The minimum absolute atomic E-state index is 0.237. The Balaban J connectivity index is 2.44. The third kappa shape index (κ3) is 1.38. The molecule has 0 fully saturated rings. The number of fused-ring (bicyclic) bond motifs is 1. The number of nitrogens with zero attached hydrogens (tertiary/aromatic N) is 1. The van der Waals surface area contributed by atoms with E-state index in [-0.39, 0.29) is 12.5 Å². The maximum absolute atomic E-state index is 10.5. The Hall–Kier alpha value is -1.84. The second-order valence-electron chi connectivity index (χ2n) is 2.64. The summed E-state index contributed by atoms with van der Waals surface area (Å²) in [6.07, 6.45) is 0. The van der Waals surface area contributed by atoms with Crippen LogP contribution < -0.4 is 0 Å². The summed E-state index contributed by atoms with van der Waals surface area (Å²) in [7, 11) is 0. The number of carboxylic acid groups (broad SMARTS) is 1. The molecule has 0 saturated carbocycles. The Morgan fingerprint density at radius 1 is 1.46 bits per heavy atom. The quantitative estimate of drug-likeness (QED) is 0.703. The van der Waals surface area contributed by atoms with E-state index in [0.717, 1.165) is 5.56 Å². The number of hydrogen-bond donors (Lipinski definition) is 1. The van der Waals surface area contributed by atoms with E-state index >= 15 is 0 Å². The molecule has 1 aliphatic rings. The highest BCUT2D eigenvalue weighted by Crippen LogP contribution is 2.23. The highest BCUT2D eigenvalue weighted by molar-refractivity contribution is 6.32. The van der Waals surface area contributed by atoms with Gasteiger partial charge in [-0.15, -0.1) is 0 Å². The Bertz CT molecular complexity index is 384. The largest absolute Gasteiger partial charge is 0.474 e. The van der Waals surface area contributed by atoms with E-state index in [1.807, 2.05) is 18.2 Å². The summed E-state index contributed by atoms with van der Waals surface area (Å²) in [4.78, 5) is 14.3. The molecule has 0 aromatic heterocycles. The molecule has 0 saturated heterocycles. The average Bonchev–Trinajstić information content (AvgIpc) is 2.17. The molecule has 1 N–H and O–H groups in total. The van der Waals surface area contributed by atoms with Gasteiger partial charge < -0.3 is 9.84 Å². The summed E-state index contributed by atoms with van der Waals surface area (Å²) in [5, 5.41) is 8.61. The molecule has 66 valence electrons. The molecule has 0 atom stereocenters. The lowest BCUT2D eigenvalue weighted by Gasteiger charge is -2.13. The van der Waals surface area contributed by atoms with E-state index in [0.29, 0.717) is 5.69 Å². The summed E-state index contributed by atoms with van der Waals surface area (Å²) in [6.45, 7) is 0.279. The molecule has 0 spiro atoms. The van der Waals surface area contributed by atoms with Crippen LogP contribution in [0.4, 0.5) is 5.69 Å². The van der Waals surface area contributed by atoms with E-state index in [9.17, 15) is 4.79 Å². The zero-order valence-corrected chi connectivity index (χ0v) is 6.73. The molecule has 1 aromatic carbocycles. The molecule has 0 radical (unpaired) electrons. The molecule has 1 aromatic rings. The van der Waals surface area contributed by atoms with Crippen molar-refractivity contribution in [1.29, 1.82) is 0 Å². The molecule has 13 heavy (non-hydrogen) atoms. The van der Waals surface area contributed by atoms with Crippen LogP contribution in [-0.2, 0) is 16.1 Å². The number of benzene rings is 1. The zero-order chi connectivity index (χ0) is 9.26. The topological polar surface area (TPSA) is 58.9 Å². The standard InChI is InChI=1S/C9H7NO3/c11-9(12)8-10-7-4-2-1-3-6(7)5-13-8/h1-4H,5H2,(H,11,12). The molecule has 0 aliphatic carbocycles. The first-order chi connectivity index (χ1) is 6.27. The fraction of sp³-hybridized carbons (Fsp3) is 0.111. The number of ether oxygens (including phenoxy) is 1. The molecular weight excluding hydrogens is 170 g/mol. The highest BCUT2D eigenvalue weighted by atomic mass is 16.5. The molecule has 1 aliphatic heterocycles. The van der Waals surface area contributed by atoms with Crippen molar-refractivity contribution >= 4 is 17.6 Å². The van der Waals surface area contributed by atoms with Crippen LogP contribution >= 0.6 is 0 Å². The van der Waals surface area contributed by atoms with Gasteiger partial charge in [-0.2, -0.15) is 0 Å². The Morgan fingerprint density at radius 3 is 3.00 bits per heavy atom. The van der Waals surface area contributed by atoms with Crippen molar-refractivity contribution in [2.45, 2.75) is 6.61 Å². The molecule has 0 unspecified atom stereocenters. The van der Waals surface area contributed by atoms with Crippen LogP contribution in [0.15, 0.2) is 29.3 Å². The fourth-order valence-electron chi connectivity index (χ4n) is 1.14. The normalized spacial score (nSPS) is 14.0. The van der Waals surface area contributed by atoms with Crippen LogP contribution in [0.5, 0.6) is 0 Å². The first-order valence-electron chi connectivity index (χ1n) is 3.80. The minimum atomic E-state index is -1.13. The van der Waals surface area contributed by atoms with Crippen molar-refractivity contribution in [2.75, 3.05) is 0 Å². The van der Waals surface area contributed by atoms with Crippen molar-refractivity contribution in [3.05, 3.63) is 29.8 Å². The van der Waals surface area contributed by atoms with Gasteiger partial charge in [0.25, 0.3) is 0 Å². The predicted octanol–water partition coefficient (Wildman–Crippen LogP) is 1.33. The van der Waals surface area contributed by atoms with Crippen molar-refractivity contribution < 1.29 is 14.6 Å². The molecule has 0 bridgehead atoms. The van der Waals surface area contributed by atoms with Crippen LogP contribution in [0.3, 0.4) is 0 Å². The van der Waals surface area contributed by atoms with E-state index in [1.165, 1.54) is 0 Å². The third-order valence-electron chi connectivity index (χ3n) is 1.76. The van der Waals surface area contributed by atoms with Gasteiger partial charge in [0, 0.05) is 5.56 Å². The number of aliphatic imine (C=N–C) groups is 1. The van der Waals surface area contributed by atoms with E-state index in [1.54, 1.807) is 6.07 Å². The lowest BCUT2D eigenvalue weighted by Crippen LogP contribution is -2.19. The van der Waals surface area contributed by atoms with E-state index < -0.39 is 5.97 Å². The van der Waals surface area contributed by atoms with Crippen molar-refractivity contribution in [3.8, 4) is 0 Å². The molecule has 4 heteroatoms. The first-order valence-corrected chi connectivity index (χ1v) is 3.80. The number of aliphatic carboxylic acids is 1. The van der Waals surface area contributed by atoms with Crippen LogP contribution in [0.1, 0.15) is 5.56 Å². The molecule has 1 heterocycles.